The van der Waals surface area contributed by atoms with Crippen molar-refractivity contribution in [3.63, 3.8) is 0 Å². The highest BCUT2D eigenvalue weighted by Crippen LogP contribution is 2.32. The largest absolute Gasteiger partial charge is 0.416 e. The van der Waals surface area contributed by atoms with Crippen LogP contribution in [0.2, 0.25) is 0 Å². The minimum atomic E-state index is -4.55. The van der Waals surface area contributed by atoms with Gasteiger partial charge in [-0.25, -0.2) is 4.68 Å². The van der Waals surface area contributed by atoms with Crippen LogP contribution in [0.15, 0.2) is 23.0 Å². The Bertz CT molecular complexity index is 1060. The molecule has 2 heterocycles. The monoisotopic (exact) mass is 438 g/mol. The number of piperidine rings is 1. The lowest BCUT2D eigenvalue weighted by atomic mass is 10.0. The number of likely N-dealkylation sites (N-methyl/N-ethyl adjacent to an activating group) is 1. The van der Waals surface area contributed by atoms with Gasteiger partial charge in [0.1, 0.15) is 12.6 Å². The fourth-order valence-electron chi connectivity index (χ4n) is 3.79. The molecule has 1 aromatic heterocycles. The SMILES string of the molecule is CCN1CCC[C@@H](NC(=O)Cn2nc(C(C)C)c3cc(C(F)(F)F)ccc3c2=O)C1=O. The van der Waals surface area contributed by atoms with Crippen molar-refractivity contribution in [2.45, 2.75) is 58.3 Å². The Morgan fingerprint density at radius 1 is 1.26 bits per heavy atom. The number of aromatic nitrogens is 2. The number of halogens is 3. The summed E-state index contributed by atoms with van der Waals surface area (Å²) in [5, 5.41) is 7.02. The smallest absolute Gasteiger partial charge is 0.343 e. The summed E-state index contributed by atoms with van der Waals surface area (Å²) >= 11 is 0. The van der Waals surface area contributed by atoms with Crippen molar-refractivity contribution in [3.05, 3.63) is 39.8 Å². The van der Waals surface area contributed by atoms with Crippen LogP contribution >= 0.6 is 0 Å². The second-order valence-corrected chi connectivity index (χ2v) is 7.94. The predicted molar refractivity (Wildman–Crippen MR) is 109 cm³/mol. The fourth-order valence-corrected chi connectivity index (χ4v) is 3.79. The van der Waals surface area contributed by atoms with Crippen LogP contribution < -0.4 is 10.9 Å². The van der Waals surface area contributed by atoms with Gasteiger partial charge in [0.2, 0.25) is 11.8 Å². The maximum atomic E-state index is 13.1. The van der Waals surface area contributed by atoms with Crippen LogP contribution in [0.25, 0.3) is 10.8 Å². The molecule has 0 aliphatic carbocycles. The summed E-state index contributed by atoms with van der Waals surface area (Å²) in [6, 6.07) is 2.23. The van der Waals surface area contributed by atoms with E-state index in [4.69, 9.17) is 0 Å². The van der Waals surface area contributed by atoms with Gasteiger partial charge in [-0.2, -0.15) is 18.3 Å². The molecule has 1 fully saturated rings. The van der Waals surface area contributed by atoms with E-state index in [1.54, 1.807) is 18.7 Å². The van der Waals surface area contributed by atoms with E-state index in [2.05, 4.69) is 10.4 Å². The molecule has 7 nitrogen and oxygen atoms in total. The van der Waals surface area contributed by atoms with Gasteiger partial charge >= 0.3 is 6.18 Å². The Kier molecular flexibility index (Phi) is 6.38. The number of hydrogen-bond acceptors (Lipinski definition) is 4. The number of likely N-dealkylation sites (tertiary alicyclic amines) is 1. The maximum Gasteiger partial charge on any atom is 0.416 e. The van der Waals surface area contributed by atoms with Gasteiger partial charge in [0.15, 0.2) is 0 Å². The first kappa shape index (κ1) is 22.8. The molecule has 31 heavy (non-hydrogen) atoms. The van der Waals surface area contributed by atoms with Gasteiger partial charge < -0.3 is 10.2 Å². The second-order valence-electron chi connectivity index (χ2n) is 7.94. The first-order valence-corrected chi connectivity index (χ1v) is 10.2. The average Bonchev–Trinajstić information content (AvgIpc) is 2.70. The van der Waals surface area contributed by atoms with Crippen LogP contribution in [0.4, 0.5) is 13.2 Å². The van der Waals surface area contributed by atoms with Crippen LogP contribution in [0.3, 0.4) is 0 Å². The minimum Gasteiger partial charge on any atom is -0.343 e. The third kappa shape index (κ3) is 4.72. The predicted octanol–water partition coefficient (Wildman–Crippen LogP) is 2.67. The molecule has 0 spiro atoms. The molecule has 2 aromatic rings. The average molecular weight is 438 g/mol. The number of alkyl halides is 3. The highest BCUT2D eigenvalue weighted by molar-refractivity contribution is 5.88. The van der Waals surface area contributed by atoms with E-state index < -0.39 is 35.8 Å². The Labute approximate surface area is 177 Å². The van der Waals surface area contributed by atoms with Gasteiger partial charge in [0.05, 0.1) is 16.6 Å². The summed E-state index contributed by atoms with van der Waals surface area (Å²) in [6.45, 7) is 6.12. The van der Waals surface area contributed by atoms with Gasteiger partial charge in [-0.15, -0.1) is 0 Å². The van der Waals surface area contributed by atoms with Crippen molar-refractivity contribution in [1.29, 1.82) is 0 Å². The van der Waals surface area contributed by atoms with Gasteiger partial charge in [0, 0.05) is 18.5 Å². The third-order valence-electron chi connectivity index (χ3n) is 5.40. The molecule has 1 aliphatic rings. The first-order chi connectivity index (χ1) is 14.5. The highest BCUT2D eigenvalue weighted by atomic mass is 19.4. The molecule has 1 N–H and O–H groups in total. The summed E-state index contributed by atoms with van der Waals surface area (Å²) in [6.07, 6.45) is -3.27. The van der Waals surface area contributed by atoms with E-state index in [0.717, 1.165) is 29.3 Å². The standard InChI is InChI=1S/C21H25F3N4O3/c1-4-27-9-5-6-16(20(27)31)25-17(29)11-28-19(30)14-8-7-13(21(22,23)24)10-15(14)18(26-28)12(2)3/h7-8,10,12,16H,4-6,9,11H2,1-3H3,(H,25,29)/t16-/m1/s1. The number of nitrogens with zero attached hydrogens (tertiary/aromatic N) is 3. The molecule has 168 valence electrons. The van der Waals surface area contributed by atoms with Crippen molar-refractivity contribution < 1.29 is 22.8 Å². The van der Waals surface area contributed by atoms with E-state index in [9.17, 15) is 27.6 Å². The molecular weight excluding hydrogens is 413 g/mol. The van der Waals surface area contributed by atoms with Gasteiger partial charge in [-0.1, -0.05) is 13.8 Å². The number of carbonyl (C=O) groups excluding carboxylic acids is 2. The Balaban J connectivity index is 1.92. The topological polar surface area (TPSA) is 84.3 Å². The quantitative estimate of drug-likeness (QED) is 0.778. The molecule has 1 saturated heterocycles. The molecule has 0 radical (unpaired) electrons. The second kappa shape index (κ2) is 8.68. The number of benzene rings is 1. The lowest BCUT2D eigenvalue weighted by molar-refractivity contribution is -0.138. The molecule has 1 aliphatic heterocycles. The normalized spacial score (nSPS) is 17.5. The third-order valence-corrected chi connectivity index (χ3v) is 5.40. The molecule has 1 atom stereocenters. The van der Waals surface area contributed by atoms with E-state index in [1.165, 1.54) is 0 Å². The van der Waals surface area contributed by atoms with Crippen molar-refractivity contribution in [2.24, 2.45) is 0 Å². The summed E-state index contributed by atoms with van der Waals surface area (Å²) in [7, 11) is 0. The molecule has 1 aromatic carbocycles. The Morgan fingerprint density at radius 2 is 1.97 bits per heavy atom. The summed E-state index contributed by atoms with van der Waals surface area (Å²) in [5.41, 5.74) is -1.23. The van der Waals surface area contributed by atoms with Crippen molar-refractivity contribution in [2.75, 3.05) is 13.1 Å². The number of rotatable bonds is 5. The van der Waals surface area contributed by atoms with E-state index >= 15 is 0 Å². The molecule has 0 saturated carbocycles. The Hall–Kier alpha value is -2.91. The lowest BCUT2D eigenvalue weighted by Gasteiger charge is -2.31. The molecule has 10 heteroatoms. The molecule has 3 rings (SSSR count). The molecule has 0 bridgehead atoms. The zero-order chi connectivity index (χ0) is 22.9. The zero-order valence-electron chi connectivity index (χ0n) is 17.6. The minimum absolute atomic E-state index is 0.0606. The Morgan fingerprint density at radius 3 is 2.58 bits per heavy atom. The lowest BCUT2D eigenvalue weighted by Crippen LogP contribution is -2.53. The first-order valence-electron chi connectivity index (χ1n) is 10.2. The number of carbonyl (C=O) groups is 2. The van der Waals surface area contributed by atoms with Crippen LogP contribution in [-0.4, -0.2) is 45.6 Å². The maximum absolute atomic E-state index is 13.1. The number of amides is 2. The van der Waals surface area contributed by atoms with E-state index in [0.29, 0.717) is 25.2 Å². The van der Waals surface area contributed by atoms with Gasteiger partial charge in [0.25, 0.3) is 5.56 Å². The van der Waals surface area contributed by atoms with Gasteiger partial charge in [-0.3, -0.25) is 14.4 Å². The van der Waals surface area contributed by atoms with Crippen LogP contribution in [0, 0.1) is 0 Å². The fraction of sp³-hybridized carbons (Fsp3) is 0.524. The van der Waals surface area contributed by atoms with Crippen molar-refractivity contribution in [3.8, 4) is 0 Å². The molecular formula is C21H25F3N4O3. The van der Waals surface area contributed by atoms with Gasteiger partial charge in [-0.05, 0) is 43.9 Å². The van der Waals surface area contributed by atoms with Crippen LogP contribution in [0.1, 0.15) is 50.8 Å². The number of hydrogen-bond donors (Lipinski definition) is 1. The molecule has 2 amide bonds. The highest BCUT2D eigenvalue weighted by Gasteiger charge is 2.32. The van der Waals surface area contributed by atoms with E-state index in [1.807, 2.05) is 6.92 Å². The van der Waals surface area contributed by atoms with Crippen LogP contribution in [-0.2, 0) is 22.3 Å². The van der Waals surface area contributed by atoms with Crippen molar-refractivity contribution >= 4 is 22.6 Å². The number of nitrogens with one attached hydrogen (secondary N) is 1. The molecule has 0 unspecified atom stereocenters. The summed E-state index contributed by atoms with van der Waals surface area (Å²) in [5.74, 6) is -0.991. The van der Waals surface area contributed by atoms with Crippen molar-refractivity contribution in [1.82, 2.24) is 20.0 Å². The number of fused-ring (bicyclic) bond motifs is 1. The zero-order valence-corrected chi connectivity index (χ0v) is 17.6. The summed E-state index contributed by atoms with van der Waals surface area (Å²) in [4.78, 5) is 39.4. The summed E-state index contributed by atoms with van der Waals surface area (Å²) < 4.78 is 40.3. The van der Waals surface area contributed by atoms with E-state index in [-0.39, 0.29) is 22.6 Å². The van der Waals surface area contributed by atoms with Crippen LogP contribution in [0.5, 0.6) is 0 Å².